The van der Waals surface area contributed by atoms with E-state index in [1.54, 1.807) is 18.2 Å². The van der Waals surface area contributed by atoms with Crippen molar-refractivity contribution in [1.82, 2.24) is 0 Å². The first kappa shape index (κ1) is 11.8. The highest BCUT2D eigenvalue weighted by Crippen LogP contribution is 2.25. The molecular formula is C11H8Cl2N2O2. The summed E-state index contributed by atoms with van der Waals surface area (Å²) in [7, 11) is 0. The van der Waals surface area contributed by atoms with Gasteiger partial charge in [0.1, 0.15) is 0 Å². The molecule has 4 nitrogen and oxygen atoms in total. The molecule has 0 aliphatic heterocycles. The van der Waals surface area contributed by atoms with Gasteiger partial charge in [0.05, 0.1) is 23.2 Å². The summed E-state index contributed by atoms with van der Waals surface area (Å²) in [5.41, 5.74) is 6.79. The van der Waals surface area contributed by atoms with E-state index in [9.17, 15) is 4.79 Å². The highest BCUT2D eigenvalue weighted by Gasteiger charge is 2.14. The van der Waals surface area contributed by atoms with Crippen molar-refractivity contribution in [2.45, 2.75) is 0 Å². The SMILES string of the molecule is Nc1ccc(Cl)cc1NC(=O)c1ccoc1Cl. The lowest BCUT2D eigenvalue weighted by Crippen LogP contribution is -2.12. The zero-order valence-corrected chi connectivity index (χ0v) is 10.0. The number of nitrogens with one attached hydrogen (secondary N) is 1. The zero-order valence-electron chi connectivity index (χ0n) is 8.54. The molecule has 6 heteroatoms. The van der Waals surface area contributed by atoms with Crippen LogP contribution in [0.25, 0.3) is 0 Å². The van der Waals surface area contributed by atoms with Crippen molar-refractivity contribution >= 4 is 40.5 Å². The summed E-state index contributed by atoms with van der Waals surface area (Å²) >= 11 is 11.5. The molecule has 0 spiro atoms. The number of rotatable bonds is 2. The average Bonchev–Trinajstić information content (AvgIpc) is 2.70. The van der Waals surface area contributed by atoms with E-state index < -0.39 is 5.91 Å². The number of nitrogen functional groups attached to an aromatic ring is 1. The van der Waals surface area contributed by atoms with Crippen LogP contribution in [0.4, 0.5) is 11.4 Å². The Hall–Kier alpha value is -1.65. The molecule has 3 N–H and O–H groups in total. The van der Waals surface area contributed by atoms with E-state index in [0.29, 0.717) is 16.4 Å². The molecule has 2 aromatic rings. The Morgan fingerprint density at radius 2 is 2.06 bits per heavy atom. The van der Waals surface area contributed by atoms with Gasteiger partial charge in [-0.15, -0.1) is 0 Å². The van der Waals surface area contributed by atoms with Gasteiger partial charge in [0.25, 0.3) is 5.91 Å². The van der Waals surface area contributed by atoms with Gasteiger partial charge in [0, 0.05) is 5.02 Å². The molecule has 0 saturated heterocycles. The normalized spacial score (nSPS) is 10.2. The molecule has 1 heterocycles. The number of anilines is 2. The van der Waals surface area contributed by atoms with Gasteiger partial charge < -0.3 is 15.5 Å². The fourth-order valence-electron chi connectivity index (χ4n) is 1.28. The molecule has 0 aliphatic carbocycles. The molecule has 0 atom stereocenters. The second-order valence-electron chi connectivity index (χ2n) is 3.29. The molecule has 88 valence electrons. The van der Waals surface area contributed by atoms with Crippen LogP contribution in [0.5, 0.6) is 0 Å². The van der Waals surface area contributed by atoms with E-state index in [1.165, 1.54) is 12.3 Å². The lowest BCUT2D eigenvalue weighted by molar-refractivity contribution is 0.102. The first-order chi connectivity index (χ1) is 8.08. The second kappa shape index (κ2) is 4.69. The first-order valence-electron chi connectivity index (χ1n) is 4.67. The number of amides is 1. The molecule has 0 bridgehead atoms. The monoisotopic (exact) mass is 270 g/mol. The minimum atomic E-state index is -0.405. The number of hydrogen-bond acceptors (Lipinski definition) is 3. The number of benzene rings is 1. The van der Waals surface area contributed by atoms with Crippen LogP contribution in [0.1, 0.15) is 10.4 Å². The van der Waals surface area contributed by atoms with Crippen molar-refractivity contribution in [2.24, 2.45) is 0 Å². The molecule has 0 fully saturated rings. The Morgan fingerprint density at radius 3 is 2.71 bits per heavy atom. The molecule has 0 aliphatic rings. The third-order valence-corrected chi connectivity index (χ3v) is 2.65. The van der Waals surface area contributed by atoms with E-state index in [2.05, 4.69) is 5.32 Å². The van der Waals surface area contributed by atoms with Crippen LogP contribution in [0, 0.1) is 0 Å². The number of halogens is 2. The van der Waals surface area contributed by atoms with Crippen LogP contribution in [0.3, 0.4) is 0 Å². The van der Waals surface area contributed by atoms with Gasteiger partial charge >= 0.3 is 0 Å². The molecule has 0 unspecified atom stereocenters. The fraction of sp³-hybridized carbons (Fsp3) is 0. The Morgan fingerprint density at radius 1 is 1.29 bits per heavy atom. The Labute approximate surface area is 107 Å². The number of carbonyl (C=O) groups excluding carboxylic acids is 1. The summed E-state index contributed by atoms with van der Waals surface area (Å²) in [4.78, 5) is 11.8. The van der Waals surface area contributed by atoms with Crippen LogP contribution in [-0.2, 0) is 0 Å². The smallest absolute Gasteiger partial charge is 0.260 e. The van der Waals surface area contributed by atoms with Crippen LogP contribution in [0.15, 0.2) is 34.9 Å². The predicted molar refractivity (Wildman–Crippen MR) is 67.5 cm³/mol. The summed E-state index contributed by atoms with van der Waals surface area (Å²) in [6.07, 6.45) is 1.33. The van der Waals surface area contributed by atoms with Crippen LogP contribution in [-0.4, -0.2) is 5.91 Å². The third kappa shape index (κ3) is 2.54. The summed E-state index contributed by atoms with van der Waals surface area (Å²) in [6, 6.07) is 6.27. The zero-order chi connectivity index (χ0) is 12.4. The van der Waals surface area contributed by atoms with Gasteiger partial charge in [-0.25, -0.2) is 0 Å². The van der Waals surface area contributed by atoms with Gasteiger partial charge in [-0.1, -0.05) is 11.6 Å². The number of carbonyl (C=O) groups is 1. The lowest BCUT2D eigenvalue weighted by atomic mass is 10.2. The molecule has 1 aromatic carbocycles. The second-order valence-corrected chi connectivity index (χ2v) is 4.07. The van der Waals surface area contributed by atoms with Gasteiger partial charge in [0.15, 0.2) is 0 Å². The maximum absolute atomic E-state index is 11.8. The van der Waals surface area contributed by atoms with Crippen molar-refractivity contribution in [3.05, 3.63) is 46.3 Å². The van der Waals surface area contributed by atoms with E-state index in [1.807, 2.05) is 0 Å². The first-order valence-corrected chi connectivity index (χ1v) is 5.43. The van der Waals surface area contributed by atoms with Gasteiger partial charge in [-0.2, -0.15) is 0 Å². The number of nitrogens with two attached hydrogens (primary N) is 1. The minimum absolute atomic E-state index is 0.0306. The molecule has 2 rings (SSSR count). The van der Waals surface area contributed by atoms with Crippen molar-refractivity contribution in [2.75, 3.05) is 11.1 Å². The van der Waals surface area contributed by atoms with Crippen molar-refractivity contribution < 1.29 is 9.21 Å². The van der Waals surface area contributed by atoms with Crippen LogP contribution in [0.2, 0.25) is 10.2 Å². The van der Waals surface area contributed by atoms with Crippen molar-refractivity contribution in [1.29, 1.82) is 0 Å². The van der Waals surface area contributed by atoms with E-state index in [4.69, 9.17) is 33.4 Å². The van der Waals surface area contributed by atoms with Crippen molar-refractivity contribution in [3.63, 3.8) is 0 Å². The molecule has 1 amide bonds. The predicted octanol–water partition coefficient (Wildman–Crippen LogP) is 3.42. The van der Waals surface area contributed by atoms with E-state index >= 15 is 0 Å². The highest BCUT2D eigenvalue weighted by molar-refractivity contribution is 6.33. The molecule has 0 saturated carbocycles. The number of hydrogen-bond donors (Lipinski definition) is 2. The van der Waals surface area contributed by atoms with Crippen LogP contribution < -0.4 is 11.1 Å². The average molecular weight is 271 g/mol. The quantitative estimate of drug-likeness (QED) is 0.822. The molecular weight excluding hydrogens is 263 g/mol. The highest BCUT2D eigenvalue weighted by atomic mass is 35.5. The van der Waals surface area contributed by atoms with E-state index in [-0.39, 0.29) is 10.8 Å². The van der Waals surface area contributed by atoms with Gasteiger partial charge in [0.2, 0.25) is 5.22 Å². The minimum Gasteiger partial charge on any atom is -0.452 e. The topological polar surface area (TPSA) is 68.3 Å². The Balaban J connectivity index is 2.24. The molecule has 17 heavy (non-hydrogen) atoms. The largest absolute Gasteiger partial charge is 0.452 e. The maximum Gasteiger partial charge on any atom is 0.260 e. The summed E-state index contributed by atoms with van der Waals surface area (Å²) in [6.45, 7) is 0. The molecule has 1 aromatic heterocycles. The lowest BCUT2D eigenvalue weighted by Gasteiger charge is -2.07. The van der Waals surface area contributed by atoms with Gasteiger partial charge in [-0.05, 0) is 35.9 Å². The summed E-state index contributed by atoms with van der Waals surface area (Å²) in [5.74, 6) is -0.405. The number of furan rings is 1. The summed E-state index contributed by atoms with van der Waals surface area (Å²) < 4.78 is 4.82. The fourth-order valence-corrected chi connectivity index (χ4v) is 1.65. The third-order valence-electron chi connectivity index (χ3n) is 2.13. The van der Waals surface area contributed by atoms with E-state index in [0.717, 1.165) is 0 Å². The Kier molecular flexibility index (Phi) is 3.26. The maximum atomic E-state index is 11.8. The van der Waals surface area contributed by atoms with Crippen LogP contribution >= 0.6 is 23.2 Å². The standard InChI is InChI=1S/C11H8Cl2N2O2/c12-6-1-2-8(14)9(5-6)15-11(16)7-3-4-17-10(7)13/h1-5H,14H2,(H,15,16). The van der Waals surface area contributed by atoms with Crippen molar-refractivity contribution in [3.8, 4) is 0 Å². The van der Waals surface area contributed by atoms with Gasteiger partial charge in [-0.3, -0.25) is 4.79 Å². The summed E-state index contributed by atoms with van der Waals surface area (Å²) in [5, 5.41) is 3.11. The Bertz CT molecular complexity index is 566. The molecule has 0 radical (unpaired) electrons.